The second-order valence-electron chi connectivity index (χ2n) is 12.1. The number of fused-ring (bicyclic) bond motifs is 3. The number of ether oxygens (including phenoxy) is 1. The Morgan fingerprint density at radius 2 is 1.80 bits per heavy atom. The van der Waals surface area contributed by atoms with Gasteiger partial charge in [0.2, 0.25) is 0 Å². The van der Waals surface area contributed by atoms with Crippen LogP contribution < -0.4 is 10.2 Å². The molecular formula is C32H35F3N6O4. The standard InChI is InChI=1S/C32H35F3N6O4/c1-19-13-21(16-45-29(43)22-7-4-3-5-8-22)14-20(2)41(19)31(44)39-11-12-40-26-15-25(23-9-6-10-24(33)27(23)42)37-38-28(26)36-17-32(40,18-39)30(34)35/h3-10,15,19-21,30,42H,11-14,16-18H2,1-2H3,(H,36,38)/t19-,20+,21?,32-/m0/s1. The number of para-hydroxylation sites is 1. The molecule has 238 valence electrons. The highest BCUT2D eigenvalue weighted by Crippen LogP contribution is 2.43. The second kappa shape index (κ2) is 12.1. The number of alkyl halides is 2. The lowest BCUT2D eigenvalue weighted by Crippen LogP contribution is -2.72. The van der Waals surface area contributed by atoms with Gasteiger partial charge in [-0.05, 0) is 62.9 Å². The number of hydrogen-bond acceptors (Lipinski definition) is 8. The summed E-state index contributed by atoms with van der Waals surface area (Å²) in [4.78, 5) is 31.2. The first-order valence-corrected chi connectivity index (χ1v) is 15.0. The monoisotopic (exact) mass is 624 g/mol. The van der Waals surface area contributed by atoms with E-state index in [-0.39, 0.29) is 68.1 Å². The summed E-state index contributed by atoms with van der Waals surface area (Å²) in [6.07, 6.45) is -1.60. The highest BCUT2D eigenvalue weighted by molar-refractivity contribution is 5.89. The number of halogens is 3. The third kappa shape index (κ3) is 5.59. The first-order valence-electron chi connectivity index (χ1n) is 15.0. The quantitative estimate of drug-likeness (QED) is 0.382. The van der Waals surface area contributed by atoms with Gasteiger partial charge in [0.15, 0.2) is 17.4 Å². The van der Waals surface area contributed by atoms with Crippen molar-refractivity contribution in [2.75, 3.05) is 43.0 Å². The number of esters is 1. The van der Waals surface area contributed by atoms with Crippen LogP contribution in [-0.4, -0.2) is 93.9 Å². The molecule has 2 saturated heterocycles. The summed E-state index contributed by atoms with van der Waals surface area (Å²) in [5.41, 5.74) is -0.699. The Balaban J connectivity index is 1.16. The van der Waals surface area contributed by atoms with Crippen LogP contribution >= 0.6 is 0 Å². The highest BCUT2D eigenvalue weighted by Gasteiger charge is 2.54. The van der Waals surface area contributed by atoms with Crippen LogP contribution in [0.25, 0.3) is 11.3 Å². The molecule has 4 heterocycles. The molecule has 13 heteroatoms. The second-order valence-corrected chi connectivity index (χ2v) is 12.1. The van der Waals surface area contributed by atoms with Crippen molar-refractivity contribution >= 4 is 23.5 Å². The van der Waals surface area contributed by atoms with E-state index in [4.69, 9.17) is 4.74 Å². The van der Waals surface area contributed by atoms with Gasteiger partial charge in [-0.25, -0.2) is 22.8 Å². The molecule has 1 aromatic heterocycles. The van der Waals surface area contributed by atoms with Crippen LogP contribution in [0, 0.1) is 11.7 Å². The average Bonchev–Trinajstić information content (AvgIpc) is 3.04. The molecule has 3 aliphatic rings. The Bertz CT molecular complexity index is 1570. The van der Waals surface area contributed by atoms with Crippen LogP contribution in [-0.2, 0) is 4.74 Å². The number of aromatic hydroxyl groups is 1. The van der Waals surface area contributed by atoms with E-state index in [2.05, 4.69) is 15.5 Å². The Hall–Kier alpha value is -4.55. The van der Waals surface area contributed by atoms with E-state index in [1.165, 1.54) is 23.1 Å². The summed E-state index contributed by atoms with van der Waals surface area (Å²) in [5.74, 6) is -1.48. The molecule has 0 spiro atoms. The van der Waals surface area contributed by atoms with Gasteiger partial charge < -0.3 is 29.9 Å². The molecule has 4 atom stereocenters. The van der Waals surface area contributed by atoms with Gasteiger partial charge >= 0.3 is 12.0 Å². The van der Waals surface area contributed by atoms with Gasteiger partial charge in [-0.2, -0.15) is 0 Å². The largest absolute Gasteiger partial charge is 0.504 e. The van der Waals surface area contributed by atoms with Gasteiger partial charge in [0.1, 0.15) is 5.54 Å². The fourth-order valence-electron chi connectivity index (χ4n) is 6.93. The SMILES string of the molecule is C[C@@H]1CC(COC(=O)c2ccccc2)C[C@H](C)N1C(=O)N1CCN2c3cc(-c4cccc(F)c4O)nnc3NC[C@@]2(C(F)F)C1. The molecule has 0 radical (unpaired) electrons. The summed E-state index contributed by atoms with van der Waals surface area (Å²) in [7, 11) is 0. The van der Waals surface area contributed by atoms with Gasteiger partial charge in [-0.15, -0.1) is 10.2 Å². The summed E-state index contributed by atoms with van der Waals surface area (Å²) in [6, 6.07) is 13.6. The molecule has 1 unspecified atom stereocenters. The zero-order chi connectivity index (χ0) is 31.9. The van der Waals surface area contributed by atoms with Crippen molar-refractivity contribution in [1.82, 2.24) is 20.0 Å². The molecule has 10 nitrogen and oxygen atoms in total. The number of anilines is 2. The van der Waals surface area contributed by atoms with Crippen LogP contribution in [0.2, 0.25) is 0 Å². The first kappa shape index (κ1) is 30.5. The normalized spacial score (nSPS) is 24.5. The van der Waals surface area contributed by atoms with Crippen molar-refractivity contribution < 1.29 is 32.6 Å². The van der Waals surface area contributed by atoms with Crippen molar-refractivity contribution in [2.45, 2.75) is 50.7 Å². The Morgan fingerprint density at radius 3 is 2.51 bits per heavy atom. The topological polar surface area (TPSA) is 111 Å². The fourth-order valence-corrected chi connectivity index (χ4v) is 6.93. The number of hydrogen-bond donors (Lipinski definition) is 2. The predicted octanol–water partition coefficient (Wildman–Crippen LogP) is 5.01. The molecule has 0 aliphatic carbocycles. The number of phenolic OH excluding ortho intramolecular Hbond substituents is 1. The summed E-state index contributed by atoms with van der Waals surface area (Å²) < 4.78 is 49.7. The number of nitrogens with one attached hydrogen (secondary N) is 1. The lowest BCUT2D eigenvalue weighted by molar-refractivity contribution is 0.00377. The van der Waals surface area contributed by atoms with Crippen LogP contribution in [0.4, 0.5) is 29.5 Å². The summed E-state index contributed by atoms with van der Waals surface area (Å²) in [5, 5.41) is 21.4. The molecule has 3 aromatic rings. The minimum absolute atomic E-state index is 0.0582. The van der Waals surface area contributed by atoms with Gasteiger partial charge in [-0.3, -0.25) is 0 Å². The minimum Gasteiger partial charge on any atom is -0.504 e. The third-order valence-electron chi connectivity index (χ3n) is 9.14. The van der Waals surface area contributed by atoms with Crippen molar-refractivity contribution in [3.63, 3.8) is 0 Å². The maximum atomic E-state index is 15.0. The maximum absolute atomic E-state index is 15.0. The van der Waals surface area contributed by atoms with Crippen LogP contribution in [0.5, 0.6) is 5.75 Å². The smallest absolute Gasteiger partial charge is 0.338 e. The Morgan fingerprint density at radius 1 is 1.07 bits per heavy atom. The van der Waals surface area contributed by atoms with E-state index in [1.54, 1.807) is 34.1 Å². The van der Waals surface area contributed by atoms with Crippen molar-refractivity contribution in [1.29, 1.82) is 0 Å². The third-order valence-corrected chi connectivity index (χ3v) is 9.14. The first-order chi connectivity index (χ1) is 21.6. The van der Waals surface area contributed by atoms with Gasteiger partial charge in [0.05, 0.1) is 30.1 Å². The number of aromatic nitrogens is 2. The zero-order valence-electron chi connectivity index (χ0n) is 25.0. The molecular weight excluding hydrogens is 589 g/mol. The molecule has 2 amide bonds. The van der Waals surface area contributed by atoms with Crippen molar-refractivity contribution in [3.8, 4) is 17.0 Å². The van der Waals surface area contributed by atoms with E-state index in [9.17, 15) is 19.1 Å². The summed E-state index contributed by atoms with van der Waals surface area (Å²) in [6.45, 7) is 4.01. The Kier molecular flexibility index (Phi) is 8.19. The number of carbonyl (C=O) groups is 2. The molecule has 0 saturated carbocycles. The number of phenols is 1. The Labute approximate surface area is 258 Å². The number of rotatable bonds is 5. The molecule has 3 aliphatic heterocycles. The number of carbonyl (C=O) groups excluding carboxylic acids is 2. The van der Waals surface area contributed by atoms with Gasteiger partial charge in [0, 0.05) is 37.3 Å². The minimum atomic E-state index is -2.83. The average molecular weight is 625 g/mol. The van der Waals surface area contributed by atoms with Crippen molar-refractivity contribution in [3.05, 3.63) is 66.0 Å². The zero-order valence-corrected chi connectivity index (χ0v) is 25.0. The number of piperidine rings is 1. The molecule has 2 aromatic carbocycles. The van der Waals surface area contributed by atoms with E-state index in [1.807, 2.05) is 19.9 Å². The predicted molar refractivity (Wildman–Crippen MR) is 161 cm³/mol. The van der Waals surface area contributed by atoms with Crippen LogP contribution in [0.3, 0.4) is 0 Å². The maximum Gasteiger partial charge on any atom is 0.338 e. The molecule has 2 fully saturated rings. The number of urea groups is 1. The molecule has 0 bridgehead atoms. The lowest BCUT2D eigenvalue weighted by atomic mass is 9.87. The highest BCUT2D eigenvalue weighted by atomic mass is 19.3. The lowest BCUT2D eigenvalue weighted by Gasteiger charge is -2.55. The van der Waals surface area contributed by atoms with Gasteiger partial charge in [0.25, 0.3) is 6.43 Å². The van der Waals surface area contributed by atoms with E-state index >= 15 is 8.78 Å². The van der Waals surface area contributed by atoms with E-state index < -0.39 is 29.5 Å². The van der Waals surface area contributed by atoms with Crippen molar-refractivity contribution in [2.24, 2.45) is 5.92 Å². The summed E-state index contributed by atoms with van der Waals surface area (Å²) >= 11 is 0. The molecule has 2 N–H and O–H groups in total. The van der Waals surface area contributed by atoms with Crippen LogP contribution in [0.1, 0.15) is 37.0 Å². The number of amides is 2. The van der Waals surface area contributed by atoms with E-state index in [0.29, 0.717) is 29.9 Å². The number of likely N-dealkylation sites (tertiary alicyclic amines) is 1. The van der Waals surface area contributed by atoms with Crippen LogP contribution in [0.15, 0.2) is 54.6 Å². The molecule has 45 heavy (non-hydrogen) atoms. The number of piperazine rings is 1. The fraction of sp³-hybridized carbons (Fsp3) is 0.438. The number of nitrogens with zero attached hydrogens (tertiary/aromatic N) is 5. The van der Waals surface area contributed by atoms with Gasteiger partial charge in [-0.1, -0.05) is 24.3 Å². The molecule has 6 rings (SSSR count). The number of benzene rings is 2. The van der Waals surface area contributed by atoms with E-state index in [0.717, 1.165) is 6.07 Å².